The highest BCUT2D eigenvalue weighted by molar-refractivity contribution is 5.17. The molecule has 0 radical (unpaired) electrons. The monoisotopic (exact) mass is 574 g/mol. The summed E-state index contributed by atoms with van der Waals surface area (Å²) < 4.78 is 0. The number of nitrogens with two attached hydrogens (primary N) is 1. The summed E-state index contributed by atoms with van der Waals surface area (Å²) >= 11 is 0. The summed E-state index contributed by atoms with van der Waals surface area (Å²) in [6.45, 7) is 12.1. The summed E-state index contributed by atoms with van der Waals surface area (Å²) in [5.74, 6) is 0. The maximum Gasteiger partial charge on any atom is 0.0240 e. The molecular formula is C36H58N6. The summed E-state index contributed by atoms with van der Waals surface area (Å²) in [7, 11) is 4.47. The van der Waals surface area contributed by atoms with Gasteiger partial charge in [-0.05, 0) is 76.6 Å². The first-order valence-electron chi connectivity index (χ1n) is 17.0. The minimum Gasteiger partial charge on any atom is -0.328 e. The molecule has 6 nitrogen and oxygen atoms in total. The van der Waals surface area contributed by atoms with E-state index in [1.165, 1.54) is 115 Å². The first-order chi connectivity index (χ1) is 20.5. The molecule has 0 unspecified atom stereocenters. The molecule has 0 atom stereocenters. The van der Waals surface area contributed by atoms with E-state index in [0.717, 1.165) is 25.2 Å². The zero-order valence-corrected chi connectivity index (χ0v) is 26.6. The van der Waals surface area contributed by atoms with Gasteiger partial charge in [0.05, 0.1) is 0 Å². The van der Waals surface area contributed by atoms with Crippen molar-refractivity contribution in [2.75, 3.05) is 66.5 Å². The van der Waals surface area contributed by atoms with E-state index in [4.69, 9.17) is 5.73 Å². The van der Waals surface area contributed by atoms with Crippen LogP contribution < -0.4 is 5.73 Å². The van der Waals surface area contributed by atoms with Crippen LogP contribution in [0.3, 0.4) is 0 Å². The quantitative estimate of drug-likeness (QED) is 0.515. The van der Waals surface area contributed by atoms with Gasteiger partial charge < -0.3 is 15.5 Å². The number of piperazine rings is 2. The Hall–Kier alpha value is -1.80. The number of likely N-dealkylation sites (N-methyl/N-ethyl adjacent to an activating group) is 2. The molecule has 2 saturated heterocycles. The van der Waals surface area contributed by atoms with E-state index in [0.29, 0.717) is 12.1 Å². The largest absolute Gasteiger partial charge is 0.328 e. The average Bonchev–Trinajstić information content (AvgIpc) is 3.03. The van der Waals surface area contributed by atoms with Crippen molar-refractivity contribution in [1.29, 1.82) is 0 Å². The van der Waals surface area contributed by atoms with Crippen LogP contribution in [0.1, 0.15) is 62.5 Å². The molecule has 6 heteroatoms. The average molecular weight is 575 g/mol. The number of benzene rings is 2. The van der Waals surface area contributed by atoms with E-state index < -0.39 is 0 Å². The zero-order chi connectivity index (χ0) is 29.1. The van der Waals surface area contributed by atoms with Gasteiger partial charge in [-0.2, -0.15) is 0 Å². The van der Waals surface area contributed by atoms with Gasteiger partial charge in [0.1, 0.15) is 0 Å². The molecule has 2 aromatic rings. The van der Waals surface area contributed by atoms with Crippen LogP contribution in [0.25, 0.3) is 0 Å². The second-order valence-corrected chi connectivity index (χ2v) is 13.6. The van der Waals surface area contributed by atoms with Crippen molar-refractivity contribution < 1.29 is 0 Å². The lowest BCUT2D eigenvalue weighted by atomic mass is 9.88. The molecule has 0 bridgehead atoms. The van der Waals surface area contributed by atoms with Crippen LogP contribution in [-0.2, 0) is 13.1 Å². The lowest BCUT2D eigenvalue weighted by Crippen LogP contribution is -2.51. The van der Waals surface area contributed by atoms with Crippen molar-refractivity contribution in [2.24, 2.45) is 5.73 Å². The van der Waals surface area contributed by atoms with Gasteiger partial charge in [0.25, 0.3) is 0 Å². The van der Waals surface area contributed by atoms with Gasteiger partial charge in [0.15, 0.2) is 0 Å². The van der Waals surface area contributed by atoms with Crippen LogP contribution in [0.5, 0.6) is 0 Å². The molecule has 6 rings (SSSR count). The Bertz CT molecular complexity index is 925. The Morgan fingerprint density at radius 1 is 0.548 bits per heavy atom. The maximum atomic E-state index is 5.92. The molecule has 2 aliphatic heterocycles. The van der Waals surface area contributed by atoms with Gasteiger partial charge in [0.2, 0.25) is 0 Å². The van der Waals surface area contributed by atoms with Crippen molar-refractivity contribution >= 4 is 0 Å². The molecule has 0 aromatic heterocycles. The van der Waals surface area contributed by atoms with Gasteiger partial charge in [-0.3, -0.25) is 14.7 Å². The smallest absolute Gasteiger partial charge is 0.0240 e. The Labute approximate surface area is 256 Å². The van der Waals surface area contributed by atoms with Crippen LogP contribution in [0.15, 0.2) is 60.7 Å². The van der Waals surface area contributed by atoms with Gasteiger partial charge in [0, 0.05) is 89.6 Å². The zero-order valence-electron chi connectivity index (χ0n) is 26.6. The molecule has 2 aromatic carbocycles. The topological polar surface area (TPSA) is 42.2 Å². The number of hydrogen-bond acceptors (Lipinski definition) is 6. The molecule has 2 heterocycles. The van der Waals surface area contributed by atoms with Crippen molar-refractivity contribution in [3.63, 3.8) is 0 Å². The van der Waals surface area contributed by atoms with E-state index in [1.54, 1.807) is 0 Å². The van der Waals surface area contributed by atoms with Crippen LogP contribution in [0.4, 0.5) is 0 Å². The predicted octanol–water partition coefficient (Wildman–Crippen LogP) is 4.75. The van der Waals surface area contributed by atoms with Crippen LogP contribution in [-0.4, -0.2) is 115 Å². The lowest BCUT2D eigenvalue weighted by Gasteiger charge is -2.43. The molecule has 4 fully saturated rings. The van der Waals surface area contributed by atoms with Crippen LogP contribution in [0, 0.1) is 0 Å². The highest BCUT2D eigenvalue weighted by Gasteiger charge is 2.30. The third-order valence-electron chi connectivity index (χ3n) is 10.5. The molecule has 232 valence electrons. The summed E-state index contributed by atoms with van der Waals surface area (Å²) in [5.41, 5.74) is 8.78. The molecule has 0 spiro atoms. The number of nitrogens with zero attached hydrogens (tertiary/aromatic N) is 5. The molecular weight excluding hydrogens is 516 g/mol. The Kier molecular flexibility index (Phi) is 12.3. The van der Waals surface area contributed by atoms with Crippen molar-refractivity contribution in [3.8, 4) is 0 Å². The Morgan fingerprint density at radius 3 is 1.33 bits per heavy atom. The van der Waals surface area contributed by atoms with Gasteiger partial charge in [-0.15, -0.1) is 0 Å². The van der Waals surface area contributed by atoms with Gasteiger partial charge in [-0.1, -0.05) is 60.7 Å². The fourth-order valence-corrected chi connectivity index (χ4v) is 7.58. The van der Waals surface area contributed by atoms with E-state index in [1.807, 2.05) is 0 Å². The fourth-order valence-electron chi connectivity index (χ4n) is 7.58. The second-order valence-electron chi connectivity index (χ2n) is 13.6. The first-order valence-corrected chi connectivity index (χ1v) is 17.0. The normalized spacial score (nSPS) is 28.8. The second kappa shape index (κ2) is 16.3. The fraction of sp³-hybridized carbons (Fsp3) is 0.667. The minimum absolute atomic E-state index is 0.485. The molecule has 2 saturated carbocycles. The molecule has 4 aliphatic rings. The van der Waals surface area contributed by atoms with Gasteiger partial charge >= 0.3 is 0 Å². The minimum atomic E-state index is 0.485. The summed E-state index contributed by atoms with van der Waals surface area (Å²) in [6, 6.07) is 24.8. The molecule has 2 N–H and O–H groups in total. The number of rotatable bonds is 7. The molecule has 0 amide bonds. The maximum absolute atomic E-state index is 5.92. The summed E-state index contributed by atoms with van der Waals surface area (Å²) in [4.78, 5) is 13.0. The van der Waals surface area contributed by atoms with E-state index in [-0.39, 0.29) is 0 Å². The van der Waals surface area contributed by atoms with Gasteiger partial charge in [-0.25, -0.2) is 0 Å². The van der Waals surface area contributed by atoms with Crippen molar-refractivity contribution in [1.82, 2.24) is 24.5 Å². The van der Waals surface area contributed by atoms with Crippen LogP contribution in [0.2, 0.25) is 0 Å². The Morgan fingerprint density at radius 2 is 0.929 bits per heavy atom. The predicted molar refractivity (Wildman–Crippen MR) is 177 cm³/mol. The van der Waals surface area contributed by atoms with E-state index in [9.17, 15) is 0 Å². The first kappa shape index (κ1) is 31.6. The highest BCUT2D eigenvalue weighted by atomic mass is 15.3. The third kappa shape index (κ3) is 9.60. The SMILES string of the molecule is CN1CCN(C2CCC(N(Cc3ccccc3)Cc3ccccc3)CC2)CC1.CN1CCN(C2CCC(N)CC2)CC1. The Balaban J connectivity index is 0.000000211. The van der Waals surface area contributed by atoms with E-state index in [2.05, 4.69) is 99.3 Å². The lowest BCUT2D eigenvalue weighted by molar-refractivity contribution is 0.0588. The van der Waals surface area contributed by atoms with Crippen molar-refractivity contribution in [3.05, 3.63) is 71.8 Å². The molecule has 2 aliphatic carbocycles. The standard InChI is InChI=1S/C25H35N3.C11H23N3/c1-26-16-18-27(19-17-26)24-12-14-25(15-13-24)28(20-22-8-4-2-5-9-22)21-23-10-6-3-7-11-23;1-13-6-8-14(9-7-13)11-4-2-10(12)3-5-11/h2-11,24-25H,12-21H2,1H3;10-11H,2-9,12H2,1H3. The van der Waals surface area contributed by atoms with E-state index >= 15 is 0 Å². The third-order valence-corrected chi connectivity index (χ3v) is 10.5. The summed E-state index contributed by atoms with van der Waals surface area (Å²) in [5, 5.41) is 0. The van der Waals surface area contributed by atoms with Crippen LogP contribution >= 0.6 is 0 Å². The highest BCUT2D eigenvalue weighted by Crippen LogP contribution is 2.29. The number of hydrogen-bond donors (Lipinski definition) is 1. The van der Waals surface area contributed by atoms with Crippen molar-refractivity contribution in [2.45, 2.75) is 88.6 Å². The summed E-state index contributed by atoms with van der Waals surface area (Å²) in [6.07, 6.45) is 10.5. The molecule has 42 heavy (non-hydrogen) atoms.